The van der Waals surface area contributed by atoms with Crippen molar-refractivity contribution in [2.45, 2.75) is 12.2 Å². The van der Waals surface area contributed by atoms with Crippen molar-refractivity contribution in [3.63, 3.8) is 0 Å². The first-order chi connectivity index (χ1) is 11.3. The SMILES string of the molecule is O=C1Nc2ccccc2N(C(CCl)C(F)(F)F)c2ccc(F)cc21. The minimum Gasteiger partial charge on any atom is -0.326 e. The molecule has 0 saturated carbocycles. The van der Waals surface area contributed by atoms with Gasteiger partial charge in [0.1, 0.15) is 11.9 Å². The summed E-state index contributed by atoms with van der Waals surface area (Å²) in [7, 11) is 0. The first kappa shape index (κ1) is 16.6. The second-order valence-corrected chi connectivity index (χ2v) is 5.52. The maximum absolute atomic E-state index is 13.5. The molecule has 2 aromatic carbocycles. The molecule has 1 atom stereocenters. The van der Waals surface area contributed by atoms with Crippen molar-refractivity contribution in [3.05, 3.63) is 53.8 Å². The van der Waals surface area contributed by atoms with E-state index in [9.17, 15) is 22.4 Å². The molecular formula is C16H11ClF4N2O. The van der Waals surface area contributed by atoms with Crippen molar-refractivity contribution in [2.75, 3.05) is 16.1 Å². The molecule has 8 heteroatoms. The van der Waals surface area contributed by atoms with Gasteiger partial charge in [-0.3, -0.25) is 4.79 Å². The molecule has 3 rings (SSSR count). The second-order valence-electron chi connectivity index (χ2n) is 5.21. The summed E-state index contributed by atoms with van der Waals surface area (Å²) in [5, 5.41) is 2.51. The Hall–Kier alpha value is -2.28. The van der Waals surface area contributed by atoms with E-state index in [0.717, 1.165) is 23.1 Å². The molecule has 0 fully saturated rings. The number of nitrogens with one attached hydrogen (secondary N) is 1. The Morgan fingerprint density at radius 1 is 1.12 bits per heavy atom. The Morgan fingerprint density at radius 2 is 1.83 bits per heavy atom. The van der Waals surface area contributed by atoms with Crippen molar-refractivity contribution in [1.29, 1.82) is 0 Å². The Labute approximate surface area is 139 Å². The van der Waals surface area contributed by atoms with Gasteiger partial charge in [-0.2, -0.15) is 13.2 Å². The Bertz CT molecular complexity index is 794. The molecule has 3 nitrogen and oxygen atoms in total. The zero-order valence-corrected chi connectivity index (χ0v) is 12.8. The molecule has 0 radical (unpaired) electrons. The molecule has 1 aliphatic heterocycles. The van der Waals surface area contributed by atoms with Crippen molar-refractivity contribution in [2.24, 2.45) is 0 Å². The lowest BCUT2D eigenvalue weighted by atomic mass is 10.1. The van der Waals surface area contributed by atoms with Crippen LogP contribution in [-0.2, 0) is 0 Å². The van der Waals surface area contributed by atoms with Crippen LogP contribution in [0.25, 0.3) is 0 Å². The van der Waals surface area contributed by atoms with Crippen LogP contribution in [0, 0.1) is 5.82 Å². The topological polar surface area (TPSA) is 32.3 Å². The number of fused-ring (bicyclic) bond motifs is 2. The maximum Gasteiger partial charge on any atom is 0.410 e. The van der Waals surface area contributed by atoms with E-state index in [-0.39, 0.29) is 22.6 Å². The summed E-state index contributed by atoms with van der Waals surface area (Å²) < 4.78 is 54.0. The zero-order valence-electron chi connectivity index (χ0n) is 12.1. The van der Waals surface area contributed by atoms with Crippen molar-refractivity contribution >= 4 is 34.6 Å². The van der Waals surface area contributed by atoms with E-state index >= 15 is 0 Å². The monoisotopic (exact) mass is 358 g/mol. The molecule has 0 saturated heterocycles. The predicted octanol–water partition coefficient (Wildman–Crippen LogP) is 4.70. The molecule has 126 valence electrons. The van der Waals surface area contributed by atoms with Crippen molar-refractivity contribution in [1.82, 2.24) is 0 Å². The average Bonchev–Trinajstić information content (AvgIpc) is 2.63. The van der Waals surface area contributed by atoms with Crippen LogP contribution in [-0.4, -0.2) is 24.0 Å². The number of carbonyl (C=O) groups excluding carboxylic acids is 1. The molecule has 24 heavy (non-hydrogen) atoms. The third kappa shape index (κ3) is 2.80. The first-order valence-electron chi connectivity index (χ1n) is 6.95. The number of para-hydroxylation sites is 2. The van der Waals surface area contributed by atoms with Gasteiger partial charge in [-0.1, -0.05) is 12.1 Å². The standard InChI is InChI=1S/C16H11ClF4N2O/c17-8-14(16(19,20)21)23-12-6-5-9(18)7-10(12)15(24)22-11-3-1-2-4-13(11)23/h1-7,14H,8H2,(H,22,24). The number of hydrogen-bond donors (Lipinski definition) is 1. The molecule has 1 unspecified atom stereocenters. The number of benzene rings is 2. The number of halogens is 5. The molecular weight excluding hydrogens is 348 g/mol. The number of hydrogen-bond acceptors (Lipinski definition) is 2. The fourth-order valence-electron chi connectivity index (χ4n) is 2.65. The number of amides is 1. The van der Waals surface area contributed by atoms with Crippen molar-refractivity contribution in [3.8, 4) is 0 Å². The summed E-state index contributed by atoms with van der Waals surface area (Å²) in [5.74, 6) is -2.15. The quantitative estimate of drug-likeness (QED) is 0.623. The summed E-state index contributed by atoms with van der Waals surface area (Å²) in [6, 6.07) is 7.05. The van der Waals surface area contributed by atoms with Gasteiger partial charge in [0, 0.05) is 0 Å². The van der Waals surface area contributed by atoms with Crippen LogP contribution in [0.2, 0.25) is 0 Å². The number of alkyl halides is 4. The third-order valence-corrected chi connectivity index (χ3v) is 4.00. The van der Waals surface area contributed by atoms with Gasteiger partial charge in [0.2, 0.25) is 0 Å². The van der Waals surface area contributed by atoms with Gasteiger partial charge in [0.25, 0.3) is 5.91 Å². The normalized spacial score (nSPS) is 15.2. The predicted molar refractivity (Wildman–Crippen MR) is 83.5 cm³/mol. The lowest BCUT2D eigenvalue weighted by Gasteiger charge is -2.34. The molecule has 2 aromatic rings. The smallest absolute Gasteiger partial charge is 0.326 e. The van der Waals surface area contributed by atoms with Crippen LogP contribution in [0.4, 0.5) is 34.6 Å². The fraction of sp³-hybridized carbons (Fsp3) is 0.188. The van der Waals surface area contributed by atoms with Gasteiger partial charge in [-0.15, -0.1) is 11.6 Å². The van der Waals surface area contributed by atoms with E-state index in [4.69, 9.17) is 11.6 Å². The number of carbonyl (C=O) groups is 1. The highest BCUT2D eigenvalue weighted by Gasteiger charge is 2.46. The summed E-state index contributed by atoms with van der Waals surface area (Å²) in [6.45, 7) is 0. The molecule has 0 spiro atoms. The van der Waals surface area contributed by atoms with E-state index in [1.807, 2.05) is 0 Å². The highest BCUT2D eigenvalue weighted by molar-refractivity contribution is 6.19. The largest absolute Gasteiger partial charge is 0.410 e. The molecule has 1 N–H and O–H groups in total. The zero-order chi connectivity index (χ0) is 17.5. The van der Waals surface area contributed by atoms with Crippen LogP contribution in [0.5, 0.6) is 0 Å². The van der Waals surface area contributed by atoms with Crippen LogP contribution in [0.3, 0.4) is 0 Å². The molecule has 0 bridgehead atoms. The van der Waals surface area contributed by atoms with E-state index in [1.165, 1.54) is 12.1 Å². The molecule has 0 aromatic heterocycles. The highest BCUT2D eigenvalue weighted by atomic mass is 35.5. The Balaban J connectivity index is 2.30. The molecule has 1 amide bonds. The Morgan fingerprint density at radius 3 is 2.50 bits per heavy atom. The van der Waals surface area contributed by atoms with Crippen LogP contribution in [0.15, 0.2) is 42.5 Å². The summed E-state index contributed by atoms with van der Waals surface area (Å²) >= 11 is 5.60. The van der Waals surface area contributed by atoms with E-state index in [2.05, 4.69) is 5.32 Å². The number of rotatable bonds is 2. The summed E-state index contributed by atoms with van der Waals surface area (Å²) in [5.41, 5.74) is 0.0880. The highest BCUT2D eigenvalue weighted by Crippen LogP contribution is 2.43. The molecule has 1 aliphatic rings. The summed E-state index contributed by atoms with van der Waals surface area (Å²) in [4.78, 5) is 13.2. The maximum atomic E-state index is 13.5. The minimum atomic E-state index is -4.64. The van der Waals surface area contributed by atoms with Crippen LogP contribution >= 0.6 is 11.6 Å². The van der Waals surface area contributed by atoms with Gasteiger partial charge >= 0.3 is 6.18 Å². The van der Waals surface area contributed by atoms with Gasteiger partial charge in [0.05, 0.1) is 28.5 Å². The van der Waals surface area contributed by atoms with E-state index < -0.39 is 29.8 Å². The van der Waals surface area contributed by atoms with E-state index in [1.54, 1.807) is 12.1 Å². The number of anilines is 3. The Kier molecular flexibility index (Phi) is 4.13. The van der Waals surface area contributed by atoms with Gasteiger partial charge < -0.3 is 10.2 Å². The molecule has 0 aliphatic carbocycles. The third-order valence-electron chi connectivity index (χ3n) is 3.71. The first-order valence-corrected chi connectivity index (χ1v) is 7.48. The number of nitrogens with zero attached hydrogens (tertiary/aromatic N) is 1. The van der Waals surface area contributed by atoms with Crippen molar-refractivity contribution < 1.29 is 22.4 Å². The minimum absolute atomic E-state index is 0.0539. The summed E-state index contributed by atoms with van der Waals surface area (Å²) in [6.07, 6.45) is -4.64. The lowest BCUT2D eigenvalue weighted by Crippen LogP contribution is -2.45. The van der Waals surface area contributed by atoms with Gasteiger partial charge in [-0.05, 0) is 30.3 Å². The second kappa shape index (κ2) is 5.98. The average molecular weight is 359 g/mol. The molecule has 1 heterocycles. The van der Waals surface area contributed by atoms with Crippen LogP contribution < -0.4 is 10.2 Å². The fourth-order valence-corrected chi connectivity index (χ4v) is 2.96. The van der Waals surface area contributed by atoms with Crippen LogP contribution in [0.1, 0.15) is 10.4 Å². The van der Waals surface area contributed by atoms with Gasteiger partial charge in [0.15, 0.2) is 0 Å². The lowest BCUT2D eigenvalue weighted by molar-refractivity contribution is -0.142. The van der Waals surface area contributed by atoms with E-state index in [0.29, 0.717) is 0 Å². The van der Waals surface area contributed by atoms with Gasteiger partial charge in [-0.25, -0.2) is 4.39 Å².